The van der Waals surface area contributed by atoms with Crippen LogP contribution in [0.15, 0.2) is 24.4 Å². The van der Waals surface area contributed by atoms with Gasteiger partial charge >= 0.3 is 0 Å². The van der Waals surface area contributed by atoms with Gasteiger partial charge in [-0.05, 0) is 18.1 Å². The van der Waals surface area contributed by atoms with E-state index in [2.05, 4.69) is 10.3 Å². The molecule has 0 unspecified atom stereocenters. The van der Waals surface area contributed by atoms with Gasteiger partial charge in [0.1, 0.15) is 0 Å². The van der Waals surface area contributed by atoms with E-state index in [1.54, 1.807) is 6.20 Å². The molecular weight excluding hydrogens is 190 g/mol. The highest BCUT2D eigenvalue weighted by molar-refractivity contribution is 5.81. The second-order valence-corrected chi connectivity index (χ2v) is 3.81. The predicted octanol–water partition coefficient (Wildman–Crippen LogP) is 0.681. The van der Waals surface area contributed by atoms with Gasteiger partial charge in [-0.2, -0.15) is 0 Å². The first-order chi connectivity index (χ1) is 7.11. The summed E-state index contributed by atoms with van der Waals surface area (Å²) in [7, 11) is 0. The molecule has 0 fully saturated rings. The molecule has 3 N–H and O–H groups in total. The number of carbonyl (C=O) groups excluding carboxylic acids is 1. The van der Waals surface area contributed by atoms with Crippen LogP contribution in [-0.4, -0.2) is 16.9 Å². The van der Waals surface area contributed by atoms with Crippen molar-refractivity contribution in [2.45, 2.75) is 26.4 Å². The van der Waals surface area contributed by atoms with Crippen LogP contribution < -0.4 is 11.1 Å². The third kappa shape index (κ3) is 3.67. The van der Waals surface area contributed by atoms with E-state index in [1.165, 1.54) is 0 Å². The lowest BCUT2D eigenvalue weighted by Crippen LogP contribution is -2.43. The van der Waals surface area contributed by atoms with Crippen molar-refractivity contribution in [1.29, 1.82) is 0 Å². The fraction of sp³-hybridized carbons (Fsp3) is 0.455. The van der Waals surface area contributed by atoms with Gasteiger partial charge in [-0.25, -0.2) is 0 Å². The zero-order valence-corrected chi connectivity index (χ0v) is 9.10. The van der Waals surface area contributed by atoms with Crippen molar-refractivity contribution in [3.05, 3.63) is 30.1 Å². The second kappa shape index (κ2) is 5.46. The van der Waals surface area contributed by atoms with Gasteiger partial charge in [0.05, 0.1) is 18.3 Å². The Morgan fingerprint density at radius 2 is 2.27 bits per heavy atom. The van der Waals surface area contributed by atoms with Crippen LogP contribution in [0.2, 0.25) is 0 Å². The molecule has 15 heavy (non-hydrogen) atoms. The molecule has 4 heteroatoms. The predicted molar refractivity (Wildman–Crippen MR) is 58.9 cm³/mol. The Labute approximate surface area is 89.9 Å². The molecule has 1 aromatic heterocycles. The van der Waals surface area contributed by atoms with Crippen LogP contribution in [0.4, 0.5) is 0 Å². The van der Waals surface area contributed by atoms with Crippen molar-refractivity contribution < 1.29 is 4.79 Å². The molecule has 0 saturated carbocycles. The molecule has 0 bridgehead atoms. The Hall–Kier alpha value is -1.42. The number of hydrogen-bond donors (Lipinski definition) is 2. The monoisotopic (exact) mass is 207 g/mol. The Morgan fingerprint density at radius 1 is 1.53 bits per heavy atom. The number of hydrogen-bond acceptors (Lipinski definition) is 3. The summed E-state index contributed by atoms with van der Waals surface area (Å²) < 4.78 is 0. The Kier molecular flexibility index (Phi) is 4.24. The summed E-state index contributed by atoms with van der Waals surface area (Å²) in [5.41, 5.74) is 6.53. The van der Waals surface area contributed by atoms with E-state index in [9.17, 15) is 4.79 Å². The van der Waals surface area contributed by atoms with Crippen molar-refractivity contribution in [3.63, 3.8) is 0 Å². The minimum Gasteiger partial charge on any atom is -0.349 e. The molecule has 1 aromatic rings. The quantitative estimate of drug-likeness (QED) is 0.763. The van der Waals surface area contributed by atoms with Gasteiger partial charge in [0, 0.05) is 6.20 Å². The maximum absolute atomic E-state index is 11.5. The number of pyridine rings is 1. The molecule has 4 nitrogen and oxygen atoms in total. The first-order valence-electron chi connectivity index (χ1n) is 5.04. The number of nitrogens with zero attached hydrogens (tertiary/aromatic N) is 1. The molecule has 1 heterocycles. The zero-order chi connectivity index (χ0) is 11.3. The molecule has 0 radical (unpaired) electrons. The number of rotatable bonds is 4. The second-order valence-electron chi connectivity index (χ2n) is 3.81. The largest absolute Gasteiger partial charge is 0.349 e. The molecule has 0 aliphatic heterocycles. The summed E-state index contributed by atoms with van der Waals surface area (Å²) >= 11 is 0. The van der Waals surface area contributed by atoms with Gasteiger partial charge in [-0.3, -0.25) is 9.78 Å². The van der Waals surface area contributed by atoms with E-state index in [0.29, 0.717) is 6.54 Å². The number of aromatic nitrogens is 1. The molecular formula is C11H17N3O. The van der Waals surface area contributed by atoms with Crippen LogP contribution in [0.5, 0.6) is 0 Å². The average Bonchev–Trinajstić information content (AvgIpc) is 2.26. The van der Waals surface area contributed by atoms with E-state index in [-0.39, 0.29) is 11.8 Å². The first-order valence-corrected chi connectivity index (χ1v) is 5.04. The molecule has 1 atom stereocenters. The first kappa shape index (κ1) is 11.7. The topological polar surface area (TPSA) is 68.0 Å². The van der Waals surface area contributed by atoms with E-state index >= 15 is 0 Å². The summed E-state index contributed by atoms with van der Waals surface area (Å²) in [6, 6.07) is 5.14. The molecule has 0 spiro atoms. The van der Waals surface area contributed by atoms with Gasteiger partial charge in [-0.15, -0.1) is 0 Å². The third-order valence-corrected chi connectivity index (χ3v) is 2.19. The van der Waals surface area contributed by atoms with Gasteiger partial charge in [0.15, 0.2) is 0 Å². The van der Waals surface area contributed by atoms with Crippen LogP contribution in [0.3, 0.4) is 0 Å². The standard InChI is InChI=1S/C11H17N3O/c1-8(2)10(12)11(15)14-7-9-5-3-4-6-13-9/h3-6,8,10H,7,12H2,1-2H3,(H,14,15)/t10-/m0/s1. The molecule has 0 aromatic carbocycles. The highest BCUT2D eigenvalue weighted by Gasteiger charge is 2.16. The number of nitrogens with one attached hydrogen (secondary N) is 1. The van der Waals surface area contributed by atoms with Crippen LogP contribution >= 0.6 is 0 Å². The number of nitrogens with two attached hydrogens (primary N) is 1. The van der Waals surface area contributed by atoms with E-state index in [0.717, 1.165) is 5.69 Å². The maximum Gasteiger partial charge on any atom is 0.237 e. The maximum atomic E-state index is 11.5. The van der Waals surface area contributed by atoms with Crippen molar-refractivity contribution in [1.82, 2.24) is 10.3 Å². The molecule has 0 aliphatic rings. The summed E-state index contributed by atoms with van der Waals surface area (Å²) in [5.74, 6) is 0.0179. The van der Waals surface area contributed by atoms with Crippen molar-refractivity contribution in [2.24, 2.45) is 11.7 Å². The minimum atomic E-state index is -0.450. The fourth-order valence-electron chi connectivity index (χ4n) is 1.10. The Morgan fingerprint density at radius 3 is 2.80 bits per heavy atom. The molecule has 1 amide bonds. The molecule has 82 valence electrons. The van der Waals surface area contributed by atoms with Crippen molar-refractivity contribution in [3.8, 4) is 0 Å². The van der Waals surface area contributed by atoms with E-state index in [1.807, 2.05) is 32.0 Å². The van der Waals surface area contributed by atoms with Crippen LogP contribution in [0.25, 0.3) is 0 Å². The Bertz CT molecular complexity index is 311. The lowest BCUT2D eigenvalue weighted by Gasteiger charge is -2.14. The third-order valence-electron chi connectivity index (χ3n) is 2.19. The number of amides is 1. The molecule has 1 rings (SSSR count). The van der Waals surface area contributed by atoms with Crippen molar-refractivity contribution >= 4 is 5.91 Å². The molecule has 0 saturated heterocycles. The summed E-state index contributed by atoms with van der Waals surface area (Å²) in [6.07, 6.45) is 1.70. The lowest BCUT2D eigenvalue weighted by atomic mass is 10.1. The zero-order valence-electron chi connectivity index (χ0n) is 9.10. The smallest absolute Gasteiger partial charge is 0.237 e. The molecule has 0 aliphatic carbocycles. The van der Waals surface area contributed by atoms with E-state index < -0.39 is 6.04 Å². The lowest BCUT2D eigenvalue weighted by molar-refractivity contribution is -0.123. The van der Waals surface area contributed by atoms with Crippen LogP contribution in [-0.2, 0) is 11.3 Å². The SMILES string of the molecule is CC(C)[C@H](N)C(=O)NCc1ccccn1. The normalized spacial score (nSPS) is 12.5. The van der Waals surface area contributed by atoms with Gasteiger partial charge in [0.2, 0.25) is 5.91 Å². The van der Waals surface area contributed by atoms with Crippen LogP contribution in [0, 0.1) is 5.92 Å². The minimum absolute atomic E-state index is 0.129. The number of carbonyl (C=O) groups is 1. The Balaban J connectivity index is 2.41. The highest BCUT2D eigenvalue weighted by atomic mass is 16.2. The average molecular weight is 207 g/mol. The highest BCUT2D eigenvalue weighted by Crippen LogP contribution is 1.99. The summed E-state index contributed by atoms with van der Waals surface area (Å²) in [4.78, 5) is 15.6. The van der Waals surface area contributed by atoms with Crippen molar-refractivity contribution in [2.75, 3.05) is 0 Å². The van der Waals surface area contributed by atoms with Gasteiger partial charge in [-0.1, -0.05) is 19.9 Å². The van der Waals surface area contributed by atoms with E-state index in [4.69, 9.17) is 5.73 Å². The summed E-state index contributed by atoms with van der Waals surface area (Å²) in [5, 5.41) is 2.75. The summed E-state index contributed by atoms with van der Waals surface area (Å²) in [6.45, 7) is 4.27. The van der Waals surface area contributed by atoms with Crippen LogP contribution in [0.1, 0.15) is 19.5 Å². The van der Waals surface area contributed by atoms with Gasteiger partial charge < -0.3 is 11.1 Å². The van der Waals surface area contributed by atoms with Gasteiger partial charge in [0.25, 0.3) is 0 Å². The fourth-order valence-corrected chi connectivity index (χ4v) is 1.10.